The van der Waals surface area contributed by atoms with Crippen molar-refractivity contribution >= 4 is 43.6 Å². The summed E-state index contributed by atoms with van der Waals surface area (Å²) in [5.41, 5.74) is 2.83. The number of nitrogens with zero attached hydrogens (tertiary/aromatic N) is 3. The summed E-state index contributed by atoms with van der Waals surface area (Å²) in [7, 11) is 0.365. The van der Waals surface area contributed by atoms with E-state index in [1.807, 2.05) is 43.3 Å². The SMILES string of the molecule is CNC(=O)C(C)N(Cc1ccc(Br)cc1)C(=O)CN(c1cc(C)ccc1C)S(=O)(=O)N(C)C. The molecule has 0 heterocycles. The van der Waals surface area contributed by atoms with E-state index >= 15 is 0 Å². The molecule has 180 valence electrons. The van der Waals surface area contributed by atoms with Crippen LogP contribution in [0.2, 0.25) is 0 Å². The lowest BCUT2D eigenvalue weighted by Gasteiger charge is -2.33. The van der Waals surface area contributed by atoms with Crippen molar-refractivity contribution in [3.8, 4) is 0 Å². The minimum Gasteiger partial charge on any atom is -0.357 e. The van der Waals surface area contributed by atoms with E-state index in [0.29, 0.717) is 5.69 Å². The van der Waals surface area contributed by atoms with Crippen LogP contribution in [-0.4, -0.2) is 63.2 Å². The van der Waals surface area contributed by atoms with Gasteiger partial charge in [0.2, 0.25) is 11.8 Å². The molecule has 0 saturated heterocycles. The van der Waals surface area contributed by atoms with Gasteiger partial charge in [-0.05, 0) is 55.7 Å². The van der Waals surface area contributed by atoms with E-state index in [9.17, 15) is 18.0 Å². The second-order valence-electron chi connectivity index (χ2n) is 8.03. The Hall–Kier alpha value is -2.43. The number of rotatable bonds is 9. The highest BCUT2D eigenvalue weighted by molar-refractivity contribution is 9.10. The van der Waals surface area contributed by atoms with E-state index in [1.165, 1.54) is 26.0 Å². The maximum Gasteiger partial charge on any atom is 0.304 e. The highest BCUT2D eigenvalue weighted by atomic mass is 79.9. The Morgan fingerprint density at radius 2 is 1.67 bits per heavy atom. The zero-order valence-electron chi connectivity index (χ0n) is 19.8. The second kappa shape index (κ2) is 11.1. The third-order valence-electron chi connectivity index (χ3n) is 5.33. The number of carbonyl (C=O) groups is 2. The lowest BCUT2D eigenvalue weighted by molar-refractivity contribution is -0.139. The van der Waals surface area contributed by atoms with Gasteiger partial charge in [-0.3, -0.25) is 9.59 Å². The zero-order chi connectivity index (χ0) is 24.9. The molecule has 1 atom stereocenters. The average molecular weight is 539 g/mol. The summed E-state index contributed by atoms with van der Waals surface area (Å²) >= 11 is 3.39. The van der Waals surface area contributed by atoms with Crippen molar-refractivity contribution < 1.29 is 18.0 Å². The van der Waals surface area contributed by atoms with Crippen LogP contribution in [0.15, 0.2) is 46.9 Å². The van der Waals surface area contributed by atoms with Gasteiger partial charge in [-0.2, -0.15) is 12.7 Å². The monoisotopic (exact) mass is 538 g/mol. The lowest BCUT2D eigenvalue weighted by atomic mass is 10.1. The zero-order valence-corrected chi connectivity index (χ0v) is 22.2. The first-order valence-electron chi connectivity index (χ1n) is 10.4. The molecular weight excluding hydrogens is 508 g/mol. The van der Waals surface area contributed by atoms with Crippen LogP contribution in [0, 0.1) is 13.8 Å². The van der Waals surface area contributed by atoms with Crippen molar-refractivity contribution in [2.24, 2.45) is 0 Å². The third kappa shape index (κ3) is 6.55. The number of carbonyl (C=O) groups excluding carboxylic acids is 2. The van der Waals surface area contributed by atoms with Crippen LogP contribution >= 0.6 is 15.9 Å². The Labute approximate surface area is 204 Å². The summed E-state index contributed by atoms with van der Waals surface area (Å²) in [6, 6.07) is 12.0. The molecule has 1 unspecified atom stereocenters. The van der Waals surface area contributed by atoms with Gasteiger partial charge in [0, 0.05) is 32.2 Å². The quantitative estimate of drug-likeness (QED) is 0.531. The fraction of sp³-hybridized carbons (Fsp3) is 0.391. The number of aryl methyl sites for hydroxylation is 2. The molecule has 0 spiro atoms. The van der Waals surface area contributed by atoms with E-state index in [-0.39, 0.29) is 12.5 Å². The maximum atomic E-state index is 13.5. The van der Waals surface area contributed by atoms with Gasteiger partial charge in [0.05, 0.1) is 5.69 Å². The Morgan fingerprint density at radius 1 is 1.06 bits per heavy atom. The third-order valence-corrected chi connectivity index (χ3v) is 7.67. The minimum absolute atomic E-state index is 0.156. The number of anilines is 1. The van der Waals surface area contributed by atoms with Gasteiger partial charge < -0.3 is 10.2 Å². The Kier molecular flexibility index (Phi) is 9.04. The molecule has 33 heavy (non-hydrogen) atoms. The minimum atomic E-state index is -3.98. The van der Waals surface area contributed by atoms with E-state index in [0.717, 1.165) is 29.8 Å². The molecule has 0 aliphatic heterocycles. The fourth-order valence-corrected chi connectivity index (χ4v) is 4.65. The molecule has 0 saturated carbocycles. The van der Waals surface area contributed by atoms with Crippen molar-refractivity contribution in [1.29, 1.82) is 0 Å². The highest BCUT2D eigenvalue weighted by Crippen LogP contribution is 2.26. The normalized spacial score (nSPS) is 12.4. The molecule has 0 aromatic heterocycles. The second-order valence-corrected chi connectivity index (χ2v) is 11.0. The van der Waals surface area contributed by atoms with E-state index in [4.69, 9.17) is 0 Å². The summed E-state index contributed by atoms with van der Waals surface area (Å²) in [6.07, 6.45) is 0. The predicted molar refractivity (Wildman–Crippen MR) is 134 cm³/mol. The van der Waals surface area contributed by atoms with Crippen LogP contribution in [0.1, 0.15) is 23.6 Å². The van der Waals surface area contributed by atoms with Crippen molar-refractivity contribution in [3.63, 3.8) is 0 Å². The highest BCUT2D eigenvalue weighted by Gasteiger charge is 2.33. The summed E-state index contributed by atoms with van der Waals surface area (Å²) in [5, 5.41) is 2.56. The summed E-state index contributed by atoms with van der Waals surface area (Å²) in [6.45, 7) is 4.99. The van der Waals surface area contributed by atoms with E-state index in [1.54, 1.807) is 19.9 Å². The van der Waals surface area contributed by atoms with E-state index in [2.05, 4.69) is 21.2 Å². The topological polar surface area (TPSA) is 90.0 Å². The summed E-state index contributed by atoms with van der Waals surface area (Å²) in [5.74, 6) is -0.824. The van der Waals surface area contributed by atoms with Crippen LogP contribution in [-0.2, 0) is 26.3 Å². The first kappa shape index (κ1) is 26.8. The van der Waals surface area contributed by atoms with Crippen molar-refractivity contribution in [3.05, 3.63) is 63.6 Å². The number of halogens is 1. The molecule has 8 nitrogen and oxygen atoms in total. The number of hydrogen-bond acceptors (Lipinski definition) is 4. The molecule has 2 rings (SSSR count). The van der Waals surface area contributed by atoms with Gasteiger partial charge in [-0.25, -0.2) is 4.31 Å². The predicted octanol–water partition coefficient (Wildman–Crippen LogP) is 2.84. The molecule has 0 aliphatic rings. The molecular formula is C23H31BrN4O4S. The molecule has 2 aromatic carbocycles. The smallest absolute Gasteiger partial charge is 0.304 e. The number of likely N-dealkylation sites (N-methyl/N-ethyl adjacent to an activating group) is 1. The number of benzene rings is 2. The van der Waals surface area contributed by atoms with Crippen molar-refractivity contribution in [1.82, 2.24) is 14.5 Å². The van der Waals surface area contributed by atoms with Gasteiger partial charge in [0.15, 0.2) is 0 Å². The molecule has 0 fully saturated rings. The van der Waals surface area contributed by atoms with Crippen LogP contribution < -0.4 is 9.62 Å². The van der Waals surface area contributed by atoms with Gasteiger partial charge in [-0.15, -0.1) is 0 Å². The molecule has 0 aliphatic carbocycles. The number of amides is 2. The largest absolute Gasteiger partial charge is 0.357 e. The standard InChI is InChI=1S/C23H31BrN4O4S/c1-16-7-8-17(2)21(13-16)28(33(31,32)26(5)6)15-22(29)27(18(3)23(30)25-4)14-19-9-11-20(24)12-10-19/h7-13,18H,14-15H2,1-6H3,(H,25,30). The van der Waals surface area contributed by atoms with Gasteiger partial charge >= 0.3 is 10.2 Å². The molecule has 0 bridgehead atoms. The van der Waals surface area contributed by atoms with Crippen molar-refractivity contribution in [2.45, 2.75) is 33.4 Å². The number of nitrogens with one attached hydrogen (secondary N) is 1. The molecule has 0 radical (unpaired) electrons. The van der Waals surface area contributed by atoms with Crippen molar-refractivity contribution in [2.75, 3.05) is 32.0 Å². The summed E-state index contributed by atoms with van der Waals surface area (Å²) < 4.78 is 29.5. The molecule has 1 N–H and O–H groups in total. The van der Waals surface area contributed by atoms with Crippen LogP contribution in [0.4, 0.5) is 5.69 Å². The fourth-order valence-electron chi connectivity index (χ4n) is 3.27. The van der Waals surface area contributed by atoms with Gasteiger partial charge in [0.25, 0.3) is 0 Å². The van der Waals surface area contributed by atoms with Crippen LogP contribution in [0.25, 0.3) is 0 Å². The Balaban J connectivity index is 2.49. The lowest BCUT2D eigenvalue weighted by Crippen LogP contribution is -2.52. The van der Waals surface area contributed by atoms with Gasteiger partial charge in [-0.1, -0.05) is 40.2 Å². The number of hydrogen-bond donors (Lipinski definition) is 1. The first-order chi connectivity index (χ1) is 15.4. The molecule has 2 aromatic rings. The molecule has 2 amide bonds. The van der Waals surface area contributed by atoms with Gasteiger partial charge in [0.1, 0.15) is 12.6 Å². The first-order valence-corrected chi connectivity index (χ1v) is 12.6. The molecule has 10 heteroatoms. The van der Waals surface area contributed by atoms with Crippen LogP contribution in [0.3, 0.4) is 0 Å². The maximum absolute atomic E-state index is 13.5. The Bertz CT molecular complexity index is 1100. The average Bonchev–Trinajstić information content (AvgIpc) is 2.77. The summed E-state index contributed by atoms with van der Waals surface area (Å²) in [4.78, 5) is 27.3. The van der Waals surface area contributed by atoms with Crippen LogP contribution in [0.5, 0.6) is 0 Å². The van der Waals surface area contributed by atoms with E-state index < -0.39 is 28.7 Å². The Morgan fingerprint density at radius 3 is 2.21 bits per heavy atom.